The Bertz CT molecular complexity index is 671. The highest BCUT2D eigenvalue weighted by atomic mass is 16.1. The molecule has 90 valence electrons. The van der Waals surface area contributed by atoms with Gasteiger partial charge in [-0.15, -0.1) is 0 Å². The molecule has 1 amide bonds. The number of aromatic nitrogens is 4. The van der Waals surface area contributed by atoms with Crippen molar-refractivity contribution in [1.29, 1.82) is 0 Å². The molecule has 0 aliphatic carbocycles. The number of nitrogens with zero attached hydrogens (tertiary/aromatic N) is 2. The molecule has 0 unspecified atom stereocenters. The second-order valence-corrected chi connectivity index (χ2v) is 3.94. The number of aromatic amines is 2. The largest absolute Gasteiger partial charge is 0.346 e. The first-order chi connectivity index (χ1) is 8.83. The maximum atomic E-state index is 11.9. The van der Waals surface area contributed by atoms with Gasteiger partial charge < -0.3 is 5.32 Å². The molecule has 3 N–H and O–H groups in total. The Hall–Kier alpha value is -2.63. The van der Waals surface area contributed by atoms with E-state index >= 15 is 0 Å². The van der Waals surface area contributed by atoms with Gasteiger partial charge in [0.2, 0.25) is 0 Å². The van der Waals surface area contributed by atoms with Crippen LogP contribution in [-0.4, -0.2) is 26.3 Å². The number of rotatable bonds is 3. The summed E-state index contributed by atoms with van der Waals surface area (Å²) in [6.07, 6.45) is 3.35. The predicted octanol–water partition coefficient (Wildman–Crippen LogP) is 1.22. The fraction of sp³-hybridized carbons (Fsp3) is 0.0833. The van der Waals surface area contributed by atoms with Crippen LogP contribution in [0.3, 0.4) is 0 Å². The highest BCUT2D eigenvalue weighted by Gasteiger charge is 2.07. The van der Waals surface area contributed by atoms with E-state index in [1.54, 1.807) is 24.5 Å². The molecular weight excluding hydrogens is 230 g/mol. The van der Waals surface area contributed by atoms with E-state index in [9.17, 15) is 4.79 Å². The molecular formula is C12H11N5O. The zero-order chi connectivity index (χ0) is 12.4. The minimum absolute atomic E-state index is 0.118. The quantitative estimate of drug-likeness (QED) is 0.644. The van der Waals surface area contributed by atoms with Gasteiger partial charge in [0.1, 0.15) is 0 Å². The molecule has 3 rings (SSSR count). The topological polar surface area (TPSA) is 86.5 Å². The molecule has 3 aromatic rings. The number of benzene rings is 1. The van der Waals surface area contributed by atoms with Crippen molar-refractivity contribution >= 4 is 16.8 Å². The minimum atomic E-state index is -0.118. The third-order valence-electron chi connectivity index (χ3n) is 2.70. The number of hydrogen-bond acceptors (Lipinski definition) is 3. The number of carbonyl (C=O) groups excluding carboxylic acids is 1. The number of nitrogens with one attached hydrogen (secondary N) is 3. The van der Waals surface area contributed by atoms with Crippen molar-refractivity contribution in [3.8, 4) is 0 Å². The minimum Gasteiger partial charge on any atom is -0.346 e. The second kappa shape index (κ2) is 4.33. The van der Waals surface area contributed by atoms with Crippen LogP contribution in [0.2, 0.25) is 0 Å². The highest BCUT2D eigenvalue weighted by Crippen LogP contribution is 2.12. The molecule has 0 radical (unpaired) electrons. The third-order valence-corrected chi connectivity index (χ3v) is 2.70. The van der Waals surface area contributed by atoms with E-state index in [-0.39, 0.29) is 5.91 Å². The van der Waals surface area contributed by atoms with Crippen LogP contribution in [0, 0.1) is 0 Å². The van der Waals surface area contributed by atoms with E-state index in [0.717, 1.165) is 16.6 Å². The molecule has 0 saturated carbocycles. The SMILES string of the molecule is O=C(NCc1ccn[nH]1)c1ccc2[nH]ncc2c1. The Labute approximate surface area is 102 Å². The van der Waals surface area contributed by atoms with Crippen LogP contribution in [0.25, 0.3) is 10.9 Å². The van der Waals surface area contributed by atoms with E-state index in [1.165, 1.54) is 0 Å². The lowest BCUT2D eigenvalue weighted by molar-refractivity contribution is 0.0950. The first kappa shape index (κ1) is 10.5. The Kier molecular flexibility index (Phi) is 2.53. The molecule has 2 aromatic heterocycles. The highest BCUT2D eigenvalue weighted by molar-refractivity contribution is 5.97. The Morgan fingerprint density at radius 3 is 3.00 bits per heavy atom. The van der Waals surface area contributed by atoms with E-state index in [1.807, 2.05) is 12.1 Å². The summed E-state index contributed by atoms with van der Waals surface area (Å²) in [6, 6.07) is 7.23. The lowest BCUT2D eigenvalue weighted by atomic mass is 10.1. The number of amides is 1. The lowest BCUT2D eigenvalue weighted by Gasteiger charge is -2.03. The number of carbonyl (C=O) groups is 1. The Morgan fingerprint density at radius 1 is 1.22 bits per heavy atom. The standard InChI is InChI=1S/C12H11N5O/c18-12(13-7-10-3-4-14-16-10)8-1-2-11-9(5-8)6-15-17-11/h1-6H,7H2,(H,13,18)(H,14,16)(H,15,17). The Morgan fingerprint density at radius 2 is 2.17 bits per heavy atom. The maximum absolute atomic E-state index is 11.9. The summed E-state index contributed by atoms with van der Waals surface area (Å²) in [7, 11) is 0. The average Bonchev–Trinajstić information content (AvgIpc) is 3.05. The molecule has 0 aliphatic rings. The van der Waals surface area contributed by atoms with Crippen LogP contribution >= 0.6 is 0 Å². The first-order valence-corrected chi connectivity index (χ1v) is 5.52. The fourth-order valence-corrected chi connectivity index (χ4v) is 1.74. The molecule has 18 heavy (non-hydrogen) atoms. The number of fused-ring (bicyclic) bond motifs is 1. The molecule has 0 fully saturated rings. The van der Waals surface area contributed by atoms with Crippen LogP contribution in [-0.2, 0) is 6.54 Å². The molecule has 0 bridgehead atoms. The molecule has 0 aliphatic heterocycles. The van der Waals surface area contributed by atoms with Gasteiger partial charge in [-0.25, -0.2) is 0 Å². The summed E-state index contributed by atoms with van der Waals surface area (Å²) in [5.74, 6) is -0.118. The molecule has 1 aromatic carbocycles. The van der Waals surface area contributed by atoms with Gasteiger partial charge in [-0.05, 0) is 24.3 Å². The number of H-pyrrole nitrogens is 2. The van der Waals surface area contributed by atoms with Crippen LogP contribution < -0.4 is 5.32 Å². The van der Waals surface area contributed by atoms with E-state index < -0.39 is 0 Å². The summed E-state index contributed by atoms with van der Waals surface area (Å²) in [5.41, 5.74) is 2.40. The molecule has 2 heterocycles. The normalized spacial score (nSPS) is 10.7. The van der Waals surface area contributed by atoms with Gasteiger partial charge in [0, 0.05) is 17.1 Å². The summed E-state index contributed by atoms with van der Waals surface area (Å²) in [6.45, 7) is 0.433. The van der Waals surface area contributed by atoms with Gasteiger partial charge in [-0.1, -0.05) is 0 Å². The van der Waals surface area contributed by atoms with Gasteiger partial charge in [-0.2, -0.15) is 10.2 Å². The monoisotopic (exact) mass is 241 g/mol. The first-order valence-electron chi connectivity index (χ1n) is 5.52. The Balaban J connectivity index is 1.75. The van der Waals surface area contributed by atoms with Crippen molar-refractivity contribution in [2.45, 2.75) is 6.54 Å². The van der Waals surface area contributed by atoms with Gasteiger partial charge in [0.25, 0.3) is 5.91 Å². The molecule has 6 heteroatoms. The van der Waals surface area contributed by atoms with Gasteiger partial charge in [-0.3, -0.25) is 15.0 Å². The maximum Gasteiger partial charge on any atom is 0.251 e. The van der Waals surface area contributed by atoms with Crippen LogP contribution in [0.15, 0.2) is 36.7 Å². The van der Waals surface area contributed by atoms with Gasteiger partial charge in [0.15, 0.2) is 0 Å². The second-order valence-electron chi connectivity index (χ2n) is 3.94. The van der Waals surface area contributed by atoms with Crippen molar-refractivity contribution in [3.05, 3.63) is 47.9 Å². The third kappa shape index (κ3) is 1.95. The number of hydrogen-bond donors (Lipinski definition) is 3. The van der Waals surface area contributed by atoms with E-state index in [4.69, 9.17) is 0 Å². The van der Waals surface area contributed by atoms with E-state index in [0.29, 0.717) is 12.1 Å². The van der Waals surface area contributed by atoms with Crippen LogP contribution in [0.5, 0.6) is 0 Å². The van der Waals surface area contributed by atoms with Gasteiger partial charge in [0.05, 0.1) is 24.0 Å². The summed E-state index contributed by atoms with van der Waals surface area (Å²) >= 11 is 0. The van der Waals surface area contributed by atoms with Gasteiger partial charge >= 0.3 is 0 Å². The lowest BCUT2D eigenvalue weighted by Crippen LogP contribution is -2.22. The predicted molar refractivity (Wildman–Crippen MR) is 65.9 cm³/mol. The molecule has 0 atom stereocenters. The van der Waals surface area contributed by atoms with Crippen molar-refractivity contribution in [3.63, 3.8) is 0 Å². The smallest absolute Gasteiger partial charge is 0.251 e. The average molecular weight is 241 g/mol. The molecule has 0 saturated heterocycles. The molecule has 6 nitrogen and oxygen atoms in total. The van der Waals surface area contributed by atoms with Crippen molar-refractivity contribution < 1.29 is 4.79 Å². The fourth-order valence-electron chi connectivity index (χ4n) is 1.74. The molecule has 0 spiro atoms. The summed E-state index contributed by atoms with van der Waals surface area (Å²) in [5, 5.41) is 17.1. The zero-order valence-electron chi connectivity index (χ0n) is 9.47. The van der Waals surface area contributed by atoms with Crippen molar-refractivity contribution in [2.75, 3.05) is 0 Å². The van der Waals surface area contributed by atoms with Crippen molar-refractivity contribution in [2.24, 2.45) is 0 Å². The summed E-state index contributed by atoms with van der Waals surface area (Å²) in [4.78, 5) is 11.9. The van der Waals surface area contributed by atoms with Crippen molar-refractivity contribution in [1.82, 2.24) is 25.7 Å². The van der Waals surface area contributed by atoms with Crippen LogP contribution in [0.1, 0.15) is 16.1 Å². The van der Waals surface area contributed by atoms with Crippen LogP contribution in [0.4, 0.5) is 0 Å². The summed E-state index contributed by atoms with van der Waals surface area (Å²) < 4.78 is 0. The van der Waals surface area contributed by atoms with E-state index in [2.05, 4.69) is 25.7 Å². The zero-order valence-corrected chi connectivity index (χ0v) is 9.47.